The molecule has 0 aromatic heterocycles. The monoisotopic (exact) mass is 323 g/mol. The number of carbonyl (C=O) groups is 1. The molecule has 1 aromatic carbocycles. The fraction of sp³-hybridized carbons (Fsp3) is 0.562. The molecule has 2 rings (SSSR count). The second kappa shape index (κ2) is 6.56. The maximum Gasteiger partial charge on any atom is 0.224 e. The van der Waals surface area contributed by atoms with Gasteiger partial charge in [-0.15, -0.1) is 0 Å². The van der Waals surface area contributed by atoms with Gasteiger partial charge in [0.2, 0.25) is 5.91 Å². The van der Waals surface area contributed by atoms with E-state index in [0.29, 0.717) is 17.2 Å². The van der Waals surface area contributed by atoms with E-state index in [-0.39, 0.29) is 5.91 Å². The Morgan fingerprint density at radius 1 is 1.37 bits per heavy atom. The number of halogens is 1. The molecule has 1 aliphatic heterocycles. The van der Waals surface area contributed by atoms with Crippen LogP contribution in [0.1, 0.15) is 55.5 Å². The smallest absolute Gasteiger partial charge is 0.224 e. The zero-order valence-electron chi connectivity index (χ0n) is 11.7. The fourth-order valence-corrected chi connectivity index (χ4v) is 3.25. The van der Waals surface area contributed by atoms with Gasteiger partial charge in [0, 0.05) is 16.9 Å². The minimum absolute atomic E-state index is 0.140. The van der Waals surface area contributed by atoms with Gasteiger partial charge in [0.1, 0.15) is 0 Å². The molecular weight excluding hydrogens is 302 g/mol. The lowest BCUT2D eigenvalue weighted by atomic mass is 9.94. The topological polar surface area (TPSA) is 29.1 Å². The zero-order valence-corrected chi connectivity index (χ0v) is 13.3. The second-order valence-electron chi connectivity index (χ2n) is 5.49. The summed E-state index contributed by atoms with van der Waals surface area (Å²) in [4.78, 5) is 11.9. The molecule has 1 heterocycles. The lowest BCUT2D eigenvalue weighted by Gasteiger charge is -2.19. The van der Waals surface area contributed by atoms with E-state index in [1.165, 1.54) is 24.0 Å². The molecule has 1 amide bonds. The second-order valence-corrected chi connectivity index (χ2v) is 6.47. The van der Waals surface area contributed by atoms with E-state index in [1.807, 2.05) is 0 Å². The average molecular weight is 324 g/mol. The van der Waals surface area contributed by atoms with Crippen LogP contribution in [-0.4, -0.2) is 5.91 Å². The average Bonchev–Trinajstić information content (AvgIpc) is 2.58. The molecule has 1 aromatic rings. The molecule has 104 valence electrons. The standard InChI is InChI=1S/C16H22BrNO/c1-3-5-11(2)16(17)13-8-9-14-12(10-13)6-4-7-15(19)18-14/h8-11,16H,3-7H2,1-2H3,(H,18,19). The van der Waals surface area contributed by atoms with Crippen molar-refractivity contribution in [2.45, 2.75) is 50.8 Å². The highest BCUT2D eigenvalue weighted by atomic mass is 79.9. The van der Waals surface area contributed by atoms with Crippen molar-refractivity contribution >= 4 is 27.5 Å². The lowest BCUT2D eigenvalue weighted by molar-refractivity contribution is -0.116. The Kier molecular flexibility index (Phi) is 5.03. The molecule has 19 heavy (non-hydrogen) atoms. The maximum atomic E-state index is 11.5. The van der Waals surface area contributed by atoms with Crippen molar-refractivity contribution in [2.75, 3.05) is 5.32 Å². The molecule has 0 saturated heterocycles. The van der Waals surface area contributed by atoms with E-state index >= 15 is 0 Å². The van der Waals surface area contributed by atoms with Gasteiger partial charge in [-0.05, 0) is 42.4 Å². The number of alkyl halides is 1. The Labute approximate surface area is 124 Å². The van der Waals surface area contributed by atoms with Gasteiger partial charge in [-0.3, -0.25) is 4.79 Å². The molecule has 2 unspecified atom stereocenters. The number of nitrogens with one attached hydrogen (secondary N) is 1. The first kappa shape index (κ1) is 14.6. The van der Waals surface area contributed by atoms with Gasteiger partial charge in [0.15, 0.2) is 0 Å². The number of hydrogen-bond donors (Lipinski definition) is 1. The van der Waals surface area contributed by atoms with Crippen LogP contribution in [0.15, 0.2) is 18.2 Å². The van der Waals surface area contributed by atoms with Crippen molar-refractivity contribution in [1.82, 2.24) is 0 Å². The molecular formula is C16H22BrNO. The molecule has 0 radical (unpaired) electrons. The summed E-state index contributed by atoms with van der Waals surface area (Å²) >= 11 is 3.82. The number of benzene rings is 1. The van der Waals surface area contributed by atoms with Gasteiger partial charge in [-0.25, -0.2) is 0 Å². The molecule has 1 aliphatic rings. The Bertz CT molecular complexity index is 458. The molecule has 0 aliphatic carbocycles. The molecule has 2 nitrogen and oxygen atoms in total. The fourth-order valence-electron chi connectivity index (χ4n) is 2.70. The zero-order chi connectivity index (χ0) is 13.8. The first-order chi connectivity index (χ1) is 9.11. The Hall–Kier alpha value is -0.830. The number of fused-ring (bicyclic) bond motifs is 1. The minimum Gasteiger partial charge on any atom is -0.326 e. The summed E-state index contributed by atoms with van der Waals surface area (Å²) in [6.07, 6.45) is 5.01. The SMILES string of the molecule is CCCC(C)C(Br)c1ccc2c(c1)CCCC(=O)N2. The van der Waals surface area contributed by atoms with Crippen LogP contribution in [0.5, 0.6) is 0 Å². The largest absolute Gasteiger partial charge is 0.326 e. The summed E-state index contributed by atoms with van der Waals surface area (Å²) in [6, 6.07) is 6.45. The number of anilines is 1. The third kappa shape index (κ3) is 3.59. The van der Waals surface area contributed by atoms with Crippen molar-refractivity contribution in [1.29, 1.82) is 0 Å². The van der Waals surface area contributed by atoms with Gasteiger partial charge in [-0.2, -0.15) is 0 Å². The highest BCUT2D eigenvalue weighted by Gasteiger charge is 2.18. The summed E-state index contributed by atoms with van der Waals surface area (Å²) in [5, 5.41) is 2.99. The van der Waals surface area contributed by atoms with E-state index < -0.39 is 0 Å². The predicted octanol–water partition coefficient (Wildman–Crippen LogP) is 4.83. The third-order valence-electron chi connectivity index (χ3n) is 3.82. The van der Waals surface area contributed by atoms with E-state index in [4.69, 9.17) is 0 Å². The van der Waals surface area contributed by atoms with Crippen LogP contribution in [0, 0.1) is 5.92 Å². The Balaban J connectivity index is 2.20. The van der Waals surface area contributed by atoms with E-state index in [1.54, 1.807) is 0 Å². The molecule has 0 fully saturated rings. The summed E-state index contributed by atoms with van der Waals surface area (Å²) in [5.74, 6) is 0.768. The predicted molar refractivity (Wildman–Crippen MR) is 83.7 cm³/mol. The van der Waals surface area contributed by atoms with Crippen LogP contribution in [0.2, 0.25) is 0 Å². The van der Waals surface area contributed by atoms with E-state index in [9.17, 15) is 4.79 Å². The first-order valence-electron chi connectivity index (χ1n) is 7.18. The van der Waals surface area contributed by atoms with Crippen LogP contribution in [0.25, 0.3) is 0 Å². The van der Waals surface area contributed by atoms with Crippen LogP contribution in [0.4, 0.5) is 5.69 Å². The minimum atomic E-state index is 0.140. The molecule has 0 saturated carbocycles. The van der Waals surface area contributed by atoms with Crippen molar-refractivity contribution in [3.63, 3.8) is 0 Å². The first-order valence-corrected chi connectivity index (χ1v) is 8.10. The molecule has 0 spiro atoms. The number of carbonyl (C=O) groups excluding carboxylic acids is 1. The summed E-state index contributed by atoms with van der Waals surface area (Å²) in [7, 11) is 0. The summed E-state index contributed by atoms with van der Waals surface area (Å²) in [5.41, 5.74) is 3.60. The maximum absolute atomic E-state index is 11.5. The summed E-state index contributed by atoms with van der Waals surface area (Å²) in [6.45, 7) is 4.51. The lowest BCUT2D eigenvalue weighted by Crippen LogP contribution is -2.09. The van der Waals surface area contributed by atoms with Gasteiger partial charge in [0.25, 0.3) is 0 Å². The number of hydrogen-bond acceptors (Lipinski definition) is 1. The molecule has 2 atom stereocenters. The Morgan fingerprint density at radius 3 is 2.89 bits per heavy atom. The van der Waals surface area contributed by atoms with Crippen molar-refractivity contribution in [3.8, 4) is 0 Å². The number of aryl methyl sites for hydroxylation is 1. The molecule has 1 N–H and O–H groups in total. The van der Waals surface area contributed by atoms with Crippen molar-refractivity contribution in [3.05, 3.63) is 29.3 Å². The Morgan fingerprint density at radius 2 is 2.16 bits per heavy atom. The van der Waals surface area contributed by atoms with E-state index in [0.717, 1.165) is 18.5 Å². The van der Waals surface area contributed by atoms with Gasteiger partial charge >= 0.3 is 0 Å². The van der Waals surface area contributed by atoms with Crippen LogP contribution >= 0.6 is 15.9 Å². The van der Waals surface area contributed by atoms with Gasteiger partial charge in [-0.1, -0.05) is 48.3 Å². The number of amides is 1. The molecule has 3 heteroatoms. The van der Waals surface area contributed by atoms with Crippen molar-refractivity contribution < 1.29 is 4.79 Å². The van der Waals surface area contributed by atoms with Crippen molar-refractivity contribution in [2.24, 2.45) is 5.92 Å². The quantitative estimate of drug-likeness (QED) is 0.790. The van der Waals surface area contributed by atoms with Crippen LogP contribution in [0.3, 0.4) is 0 Å². The number of rotatable bonds is 4. The highest BCUT2D eigenvalue weighted by Crippen LogP contribution is 2.36. The van der Waals surface area contributed by atoms with Crippen LogP contribution < -0.4 is 5.32 Å². The van der Waals surface area contributed by atoms with Gasteiger partial charge < -0.3 is 5.32 Å². The van der Waals surface area contributed by atoms with E-state index in [2.05, 4.69) is 53.3 Å². The van der Waals surface area contributed by atoms with Gasteiger partial charge in [0.05, 0.1) is 0 Å². The normalized spacial score (nSPS) is 18.2. The third-order valence-corrected chi connectivity index (χ3v) is 5.25. The van der Waals surface area contributed by atoms with Crippen LogP contribution in [-0.2, 0) is 11.2 Å². The highest BCUT2D eigenvalue weighted by molar-refractivity contribution is 9.09. The molecule has 0 bridgehead atoms. The summed E-state index contributed by atoms with van der Waals surface area (Å²) < 4.78 is 0.